The van der Waals surface area contributed by atoms with Gasteiger partial charge >= 0.3 is 5.97 Å². The van der Waals surface area contributed by atoms with Crippen LogP contribution in [0, 0.1) is 5.92 Å². The van der Waals surface area contributed by atoms with Gasteiger partial charge in [-0.15, -0.1) is 11.3 Å². The van der Waals surface area contributed by atoms with Crippen molar-refractivity contribution in [2.45, 2.75) is 64.0 Å². The molecule has 0 saturated carbocycles. The number of thiophene rings is 1. The van der Waals surface area contributed by atoms with E-state index in [0.717, 1.165) is 43.4 Å². The largest absolute Gasteiger partial charge is 0.477 e. The fourth-order valence-electron chi connectivity index (χ4n) is 4.17. The third kappa shape index (κ3) is 7.04. The van der Waals surface area contributed by atoms with E-state index in [1.54, 1.807) is 6.07 Å². The molecule has 2 heterocycles. The quantitative estimate of drug-likeness (QED) is 0.444. The summed E-state index contributed by atoms with van der Waals surface area (Å²) < 4.78 is 0. The van der Waals surface area contributed by atoms with Crippen molar-refractivity contribution >= 4 is 23.2 Å². The van der Waals surface area contributed by atoms with Gasteiger partial charge in [0.25, 0.3) is 0 Å². The van der Waals surface area contributed by atoms with Crippen LogP contribution in [-0.4, -0.2) is 45.7 Å². The number of carbonyl (C=O) groups excluding carboxylic acids is 1. The first-order chi connectivity index (χ1) is 15.4. The van der Waals surface area contributed by atoms with E-state index in [1.807, 2.05) is 29.2 Å². The Kier molecular flexibility index (Phi) is 9.06. The van der Waals surface area contributed by atoms with Crippen molar-refractivity contribution in [3.8, 4) is 0 Å². The first kappa shape index (κ1) is 24.2. The lowest BCUT2D eigenvalue weighted by molar-refractivity contribution is -0.128. The van der Waals surface area contributed by atoms with Crippen molar-refractivity contribution in [3.05, 3.63) is 69.9 Å². The zero-order chi connectivity index (χ0) is 22.9. The third-order valence-electron chi connectivity index (χ3n) is 6.15. The van der Waals surface area contributed by atoms with Crippen molar-refractivity contribution in [1.82, 2.24) is 4.90 Å². The summed E-state index contributed by atoms with van der Waals surface area (Å²) in [7, 11) is 0. The van der Waals surface area contributed by atoms with E-state index in [0.29, 0.717) is 17.8 Å². The maximum absolute atomic E-state index is 12.3. The van der Waals surface area contributed by atoms with Crippen LogP contribution in [0.1, 0.15) is 59.1 Å². The number of nitrogens with zero attached hydrogens (tertiary/aromatic N) is 1. The van der Waals surface area contributed by atoms with Crippen LogP contribution < -0.4 is 0 Å². The molecule has 6 heteroatoms. The zero-order valence-electron chi connectivity index (χ0n) is 18.7. The van der Waals surface area contributed by atoms with Gasteiger partial charge in [0, 0.05) is 17.8 Å². The summed E-state index contributed by atoms with van der Waals surface area (Å²) in [5.41, 5.74) is 1.33. The number of hydrogen-bond acceptors (Lipinski definition) is 4. The summed E-state index contributed by atoms with van der Waals surface area (Å²) in [4.78, 5) is 26.6. The molecule has 0 aliphatic carbocycles. The summed E-state index contributed by atoms with van der Waals surface area (Å²) in [6.07, 6.45) is 9.25. The number of carboxylic acid groups (broad SMARTS) is 1. The van der Waals surface area contributed by atoms with Crippen molar-refractivity contribution < 1.29 is 19.8 Å². The summed E-state index contributed by atoms with van der Waals surface area (Å²) in [6, 6.07) is 13.9. The Labute approximate surface area is 194 Å². The zero-order valence-corrected chi connectivity index (χ0v) is 19.5. The van der Waals surface area contributed by atoms with Gasteiger partial charge in [0.2, 0.25) is 5.91 Å². The lowest BCUT2D eigenvalue weighted by atomic mass is 9.95. The van der Waals surface area contributed by atoms with Crippen LogP contribution in [0.25, 0.3) is 0 Å². The number of carboxylic acids is 1. The van der Waals surface area contributed by atoms with E-state index in [9.17, 15) is 14.7 Å². The molecule has 1 amide bonds. The van der Waals surface area contributed by atoms with Gasteiger partial charge < -0.3 is 15.1 Å². The number of benzene rings is 1. The summed E-state index contributed by atoms with van der Waals surface area (Å²) >= 11 is 1.30. The first-order valence-electron chi connectivity index (χ1n) is 11.5. The Balaban J connectivity index is 1.43. The molecule has 0 spiro atoms. The van der Waals surface area contributed by atoms with Crippen LogP contribution in [0.2, 0.25) is 0 Å². The van der Waals surface area contributed by atoms with Crippen LogP contribution in [0.15, 0.2) is 54.6 Å². The molecular weight excluding hydrogens is 422 g/mol. The van der Waals surface area contributed by atoms with Crippen LogP contribution in [0.3, 0.4) is 0 Å². The fourth-order valence-corrected chi connectivity index (χ4v) is 5.06. The number of aliphatic hydroxyl groups excluding tert-OH is 1. The second-order valence-electron chi connectivity index (χ2n) is 8.60. The minimum Gasteiger partial charge on any atom is -0.477 e. The molecule has 5 nitrogen and oxygen atoms in total. The number of aryl methyl sites for hydroxylation is 2. The molecule has 1 aliphatic rings. The molecule has 1 saturated heterocycles. The number of hydrogen-bond donors (Lipinski definition) is 2. The van der Waals surface area contributed by atoms with Gasteiger partial charge in [0.1, 0.15) is 4.88 Å². The van der Waals surface area contributed by atoms with Gasteiger partial charge in [-0.1, -0.05) is 49.4 Å². The maximum Gasteiger partial charge on any atom is 0.345 e. The van der Waals surface area contributed by atoms with E-state index in [4.69, 9.17) is 5.11 Å². The molecule has 1 aromatic heterocycles. The van der Waals surface area contributed by atoms with Gasteiger partial charge in [0.05, 0.1) is 12.1 Å². The highest BCUT2D eigenvalue weighted by Crippen LogP contribution is 2.23. The van der Waals surface area contributed by atoms with E-state index in [2.05, 4.69) is 31.2 Å². The Bertz CT molecular complexity index is 908. The molecule has 2 aromatic rings. The highest BCUT2D eigenvalue weighted by Gasteiger charge is 2.28. The van der Waals surface area contributed by atoms with Crippen LogP contribution in [0.5, 0.6) is 0 Å². The Morgan fingerprint density at radius 1 is 1.19 bits per heavy atom. The second-order valence-corrected chi connectivity index (χ2v) is 9.77. The normalized spacial score (nSPS) is 18.4. The van der Waals surface area contributed by atoms with Crippen LogP contribution in [-0.2, 0) is 17.6 Å². The molecule has 1 fully saturated rings. The van der Waals surface area contributed by atoms with Crippen molar-refractivity contribution in [1.29, 1.82) is 0 Å². The average molecular weight is 456 g/mol. The van der Waals surface area contributed by atoms with Crippen molar-refractivity contribution in [2.24, 2.45) is 5.92 Å². The number of amides is 1. The van der Waals surface area contributed by atoms with Gasteiger partial charge in [-0.2, -0.15) is 0 Å². The minimum absolute atomic E-state index is 0.0339. The third-order valence-corrected chi connectivity index (χ3v) is 7.28. The van der Waals surface area contributed by atoms with E-state index >= 15 is 0 Å². The molecule has 0 radical (unpaired) electrons. The predicted molar refractivity (Wildman–Crippen MR) is 128 cm³/mol. The molecule has 1 aliphatic heterocycles. The molecule has 3 rings (SSSR count). The number of aromatic carboxylic acids is 1. The summed E-state index contributed by atoms with van der Waals surface area (Å²) in [5.74, 6) is -0.570. The smallest absolute Gasteiger partial charge is 0.345 e. The standard InChI is InChI=1S/C26H33NO4S/c1-19(7-5-10-20-8-3-2-4-9-20)23(28)15-12-21-13-17-25(29)27(21)18-6-11-22-14-16-24(32-22)26(30)31/h2-4,8-9,12,14-16,19,21,23,28H,5-7,10-11,13,17-18H2,1H3,(H,30,31)/b15-12+/t19-,21-,23+/m0/s1. The lowest BCUT2D eigenvalue weighted by Crippen LogP contribution is -2.33. The van der Waals surface area contributed by atoms with Gasteiger partial charge in [0.15, 0.2) is 0 Å². The number of likely N-dealkylation sites (tertiary alicyclic amines) is 1. The topological polar surface area (TPSA) is 77.8 Å². The molecule has 0 unspecified atom stereocenters. The number of carbonyl (C=O) groups is 2. The molecular formula is C26H33NO4S. The van der Waals surface area contributed by atoms with Crippen LogP contribution >= 0.6 is 11.3 Å². The Morgan fingerprint density at radius 3 is 2.69 bits per heavy atom. The highest BCUT2D eigenvalue weighted by atomic mass is 32.1. The van der Waals surface area contributed by atoms with Crippen LogP contribution in [0.4, 0.5) is 0 Å². The minimum atomic E-state index is -0.894. The Hall–Kier alpha value is -2.44. The molecule has 3 atom stereocenters. The van der Waals surface area contributed by atoms with Gasteiger partial charge in [-0.05, 0) is 62.1 Å². The van der Waals surface area contributed by atoms with E-state index in [-0.39, 0.29) is 17.9 Å². The summed E-state index contributed by atoms with van der Waals surface area (Å²) in [6.45, 7) is 2.72. The average Bonchev–Trinajstić information content (AvgIpc) is 3.40. The fraction of sp³-hybridized carbons (Fsp3) is 0.462. The molecule has 32 heavy (non-hydrogen) atoms. The molecule has 172 valence electrons. The van der Waals surface area contributed by atoms with E-state index in [1.165, 1.54) is 16.9 Å². The molecule has 2 N–H and O–H groups in total. The summed E-state index contributed by atoms with van der Waals surface area (Å²) in [5, 5.41) is 19.6. The van der Waals surface area contributed by atoms with Gasteiger partial charge in [-0.25, -0.2) is 4.79 Å². The highest BCUT2D eigenvalue weighted by molar-refractivity contribution is 7.13. The van der Waals surface area contributed by atoms with Crippen molar-refractivity contribution in [3.63, 3.8) is 0 Å². The van der Waals surface area contributed by atoms with Crippen molar-refractivity contribution in [2.75, 3.05) is 6.54 Å². The monoisotopic (exact) mass is 455 g/mol. The maximum atomic E-state index is 12.3. The first-order valence-corrected chi connectivity index (χ1v) is 12.3. The second kappa shape index (κ2) is 12.0. The SMILES string of the molecule is C[C@@H](CCCc1ccccc1)[C@H](O)/C=C/[C@H]1CCC(=O)N1CCCc1ccc(C(=O)O)s1. The Morgan fingerprint density at radius 2 is 1.97 bits per heavy atom. The predicted octanol–water partition coefficient (Wildman–Crippen LogP) is 4.95. The number of rotatable bonds is 12. The molecule has 1 aromatic carbocycles. The van der Waals surface area contributed by atoms with Gasteiger partial charge in [-0.3, -0.25) is 4.79 Å². The molecule has 0 bridgehead atoms. The van der Waals surface area contributed by atoms with E-state index < -0.39 is 12.1 Å². The number of aliphatic hydroxyl groups is 1. The lowest BCUT2D eigenvalue weighted by Gasteiger charge is -2.23.